The average Bonchev–Trinajstić information content (AvgIpc) is 2.67. The van der Waals surface area contributed by atoms with Crippen molar-refractivity contribution in [3.63, 3.8) is 0 Å². The molecule has 3 N–H and O–H groups in total. The van der Waals surface area contributed by atoms with Gasteiger partial charge in [-0.05, 0) is 43.7 Å². The number of nitrogens with zero attached hydrogens (tertiary/aromatic N) is 1. The quantitative estimate of drug-likeness (QED) is 0.268. The van der Waals surface area contributed by atoms with Gasteiger partial charge in [0, 0.05) is 6.07 Å². The van der Waals surface area contributed by atoms with Crippen LogP contribution in [-0.2, 0) is 6.54 Å². The van der Waals surface area contributed by atoms with E-state index in [9.17, 15) is 13.2 Å². The van der Waals surface area contributed by atoms with E-state index in [0.29, 0.717) is 36.0 Å². The van der Waals surface area contributed by atoms with E-state index >= 15 is 0 Å². The van der Waals surface area contributed by atoms with E-state index in [-0.39, 0.29) is 42.2 Å². The fourth-order valence-electron chi connectivity index (χ4n) is 2.40. The van der Waals surface area contributed by atoms with Gasteiger partial charge in [-0.1, -0.05) is 12.1 Å². The lowest BCUT2D eigenvalue weighted by molar-refractivity contribution is -0.153. The number of anilines is 1. The summed E-state index contributed by atoms with van der Waals surface area (Å²) in [6.07, 6.45) is -4.39. The molecule has 0 aliphatic rings. The molecule has 0 saturated carbocycles. The summed E-state index contributed by atoms with van der Waals surface area (Å²) >= 11 is 0. The zero-order valence-corrected chi connectivity index (χ0v) is 19.0. The highest BCUT2D eigenvalue weighted by molar-refractivity contribution is 14.0. The number of aliphatic imine (C=N–C) groups is 1. The number of nitrogens with one attached hydrogen (secondary N) is 1. The van der Waals surface area contributed by atoms with Crippen molar-refractivity contribution >= 4 is 35.6 Å². The Morgan fingerprint density at radius 1 is 1.00 bits per heavy atom. The Morgan fingerprint density at radius 2 is 1.70 bits per heavy atom. The van der Waals surface area contributed by atoms with E-state index in [2.05, 4.69) is 10.3 Å². The molecule has 0 aliphatic heterocycles. The van der Waals surface area contributed by atoms with E-state index in [1.807, 2.05) is 13.8 Å². The van der Waals surface area contributed by atoms with Crippen LogP contribution in [0.5, 0.6) is 17.2 Å². The highest BCUT2D eigenvalue weighted by atomic mass is 127. The number of alkyl halides is 3. The van der Waals surface area contributed by atoms with Crippen LogP contribution in [-0.4, -0.2) is 32.0 Å². The fourth-order valence-corrected chi connectivity index (χ4v) is 2.40. The van der Waals surface area contributed by atoms with Crippen LogP contribution in [0.4, 0.5) is 18.9 Å². The molecule has 0 spiro atoms. The summed E-state index contributed by atoms with van der Waals surface area (Å²) in [5, 5.41) is 2.97. The van der Waals surface area contributed by atoms with Gasteiger partial charge in [0.2, 0.25) is 0 Å². The standard InChI is InChI=1S/C20H24F3N3O3.HI/c1-3-27-16-8-9-18(28-4-2)17(11-16)26-19(24)25-12-14-6-5-7-15(10-14)29-13-20(21,22)23;/h5-11H,3-4,12-13H2,1-2H3,(H3,24,25,26);1H. The van der Waals surface area contributed by atoms with Gasteiger partial charge in [0.15, 0.2) is 12.6 Å². The number of hydrogen-bond acceptors (Lipinski definition) is 4. The fraction of sp³-hybridized carbons (Fsp3) is 0.350. The van der Waals surface area contributed by atoms with Crippen molar-refractivity contribution in [2.24, 2.45) is 10.7 Å². The van der Waals surface area contributed by atoms with Crippen LogP contribution in [0.15, 0.2) is 47.5 Å². The van der Waals surface area contributed by atoms with Crippen LogP contribution in [0.25, 0.3) is 0 Å². The van der Waals surface area contributed by atoms with Crippen LogP contribution in [0.3, 0.4) is 0 Å². The van der Waals surface area contributed by atoms with Gasteiger partial charge in [0.1, 0.15) is 17.2 Å². The second-order valence-corrected chi connectivity index (χ2v) is 5.90. The predicted molar refractivity (Wildman–Crippen MR) is 121 cm³/mol. The summed E-state index contributed by atoms with van der Waals surface area (Å²) in [5.74, 6) is 1.49. The number of rotatable bonds is 9. The number of guanidine groups is 1. The van der Waals surface area contributed by atoms with Gasteiger partial charge in [-0.2, -0.15) is 13.2 Å². The minimum atomic E-state index is -4.39. The van der Waals surface area contributed by atoms with Gasteiger partial charge in [-0.3, -0.25) is 0 Å². The van der Waals surface area contributed by atoms with Gasteiger partial charge in [-0.15, -0.1) is 24.0 Å². The molecular formula is C20H25F3IN3O3. The highest BCUT2D eigenvalue weighted by Gasteiger charge is 2.28. The lowest BCUT2D eigenvalue weighted by Gasteiger charge is -2.14. The van der Waals surface area contributed by atoms with E-state index in [0.717, 1.165) is 0 Å². The van der Waals surface area contributed by atoms with E-state index in [4.69, 9.17) is 19.9 Å². The molecule has 166 valence electrons. The Balaban J connectivity index is 0.00000450. The first kappa shape index (κ1) is 25.7. The van der Waals surface area contributed by atoms with E-state index in [1.54, 1.807) is 30.3 Å². The summed E-state index contributed by atoms with van der Waals surface area (Å²) in [5.41, 5.74) is 7.21. The Morgan fingerprint density at radius 3 is 2.37 bits per heavy atom. The van der Waals surface area contributed by atoms with Crippen molar-refractivity contribution < 1.29 is 27.4 Å². The Kier molecular flexibility index (Phi) is 10.6. The molecule has 0 aromatic heterocycles. The second kappa shape index (κ2) is 12.4. The second-order valence-electron chi connectivity index (χ2n) is 5.90. The first-order valence-corrected chi connectivity index (χ1v) is 9.05. The molecule has 10 heteroatoms. The normalized spacial score (nSPS) is 11.4. The molecule has 0 unspecified atom stereocenters. The molecule has 0 aliphatic carbocycles. The first-order chi connectivity index (χ1) is 13.8. The molecule has 6 nitrogen and oxygen atoms in total. The number of halogens is 4. The van der Waals surface area contributed by atoms with Crippen LogP contribution in [0, 0.1) is 0 Å². The largest absolute Gasteiger partial charge is 0.494 e. The third kappa shape index (κ3) is 8.97. The maximum Gasteiger partial charge on any atom is 0.422 e. The van der Waals surface area contributed by atoms with Gasteiger partial charge in [0.05, 0.1) is 25.4 Å². The summed E-state index contributed by atoms with van der Waals surface area (Å²) < 4.78 is 52.6. The average molecular weight is 539 g/mol. The number of benzene rings is 2. The van der Waals surface area contributed by atoms with E-state index in [1.165, 1.54) is 12.1 Å². The Bertz CT molecular complexity index is 832. The zero-order chi connectivity index (χ0) is 21.3. The monoisotopic (exact) mass is 539 g/mol. The minimum Gasteiger partial charge on any atom is -0.494 e. The van der Waals surface area contributed by atoms with Gasteiger partial charge >= 0.3 is 6.18 Å². The maximum absolute atomic E-state index is 12.3. The van der Waals surface area contributed by atoms with Crippen molar-refractivity contribution in [3.05, 3.63) is 48.0 Å². The lowest BCUT2D eigenvalue weighted by Crippen LogP contribution is -2.23. The van der Waals surface area contributed by atoms with Crippen molar-refractivity contribution in [2.75, 3.05) is 25.1 Å². The van der Waals surface area contributed by atoms with Crippen LogP contribution in [0.1, 0.15) is 19.4 Å². The van der Waals surface area contributed by atoms with Crippen molar-refractivity contribution in [2.45, 2.75) is 26.6 Å². The lowest BCUT2D eigenvalue weighted by atomic mass is 10.2. The zero-order valence-electron chi connectivity index (χ0n) is 16.7. The van der Waals surface area contributed by atoms with Crippen molar-refractivity contribution in [3.8, 4) is 17.2 Å². The molecule has 0 atom stereocenters. The molecule has 0 amide bonds. The van der Waals surface area contributed by atoms with Crippen molar-refractivity contribution in [1.29, 1.82) is 0 Å². The SMILES string of the molecule is CCOc1ccc(OCC)c(NC(N)=NCc2cccc(OCC(F)(F)F)c2)c1.I. The molecule has 2 rings (SSSR count). The molecular weight excluding hydrogens is 514 g/mol. The Hall–Kier alpha value is -2.37. The van der Waals surface area contributed by atoms with E-state index < -0.39 is 12.8 Å². The molecule has 30 heavy (non-hydrogen) atoms. The molecule has 0 bridgehead atoms. The van der Waals surface area contributed by atoms with Crippen LogP contribution in [0.2, 0.25) is 0 Å². The summed E-state index contributed by atoms with van der Waals surface area (Å²) in [7, 11) is 0. The molecule has 0 radical (unpaired) electrons. The smallest absolute Gasteiger partial charge is 0.422 e. The number of ether oxygens (including phenoxy) is 3. The number of nitrogens with two attached hydrogens (primary N) is 1. The molecule has 2 aromatic carbocycles. The van der Waals surface area contributed by atoms with Crippen LogP contribution < -0.4 is 25.3 Å². The van der Waals surface area contributed by atoms with Crippen LogP contribution >= 0.6 is 24.0 Å². The first-order valence-electron chi connectivity index (χ1n) is 9.05. The van der Waals surface area contributed by atoms with Gasteiger partial charge in [-0.25, -0.2) is 4.99 Å². The topological polar surface area (TPSA) is 78.1 Å². The van der Waals surface area contributed by atoms with Crippen molar-refractivity contribution in [1.82, 2.24) is 0 Å². The molecule has 2 aromatic rings. The van der Waals surface area contributed by atoms with Gasteiger partial charge in [0.25, 0.3) is 0 Å². The van der Waals surface area contributed by atoms with Gasteiger partial charge < -0.3 is 25.3 Å². The molecule has 0 saturated heterocycles. The predicted octanol–water partition coefficient (Wildman–Crippen LogP) is 4.97. The number of hydrogen-bond donors (Lipinski definition) is 2. The molecule has 0 fully saturated rings. The third-order valence-electron chi connectivity index (χ3n) is 3.56. The maximum atomic E-state index is 12.3. The molecule has 0 heterocycles. The summed E-state index contributed by atoms with van der Waals surface area (Å²) in [4.78, 5) is 4.23. The minimum absolute atomic E-state index is 0. The third-order valence-corrected chi connectivity index (χ3v) is 3.56. The summed E-state index contributed by atoms with van der Waals surface area (Å²) in [6.45, 7) is 3.56. The Labute approximate surface area is 190 Å². The highest BCUT2D eigenvalue weighted by Crippen LogP contribution is 2.29. The summed E-state index contributed by atoms with van der Waals surface area (Å²) in [6, 6.07) is 11.6.